The first-order valence-electron chi connectivity index (χ1n) is 5.23. The van der Waals surface area contributed by atoms with Crippen molar-refractivity contribution in [1.29, 1.82) is 0 Å². The molecule has 0 amide bonds. The molecule has 4 heteroatoms. The first-order valence-corrected chi connectivity index (χ1v) is 5.23. The van der Waals surface area contributed by atoms with Crippen LogP contribution in [0.15, 0.2) is 12.7 Å². The second kappa shape index (κ2) is 6.30. The second-order valence-corrected chi connectivity index (χ2v) is 4.48. The Bertz CT molecular complexity index is 263. The number of methoxy groups -OCH3 is 1. The van der Waals surface area contributed by atoms with E-state index >= 15 is 0 Å². The van der Waals surface area contributed by atoms with Gasteiger partial charge in [0.05, 0.1) is 7.11 Å². The summed E-state index contributed by atoms with van der Waals surface area (Å²) in [5, 5.41) is 0. The highest BCUT2D eigenvalue weighted by molar-refractivity contribution is 5.94. The fourth-order valence-corrected chi connectivity index (χ4v) is 1.13. The minimum absolute atomic E-state index is 0.366. The van der Waals surface area contributed by atoms with E-state index in [-0.39, 0.29) is 0 Å². The molecule has 0 aromatic rings. The van der Waals surface area contributed by atoms with E-state index in [2.05, 4.69) is 11.3 Å². The van der Waals surface area contributed by atoms with Crippen molar-refractivity contribution in [2.24, 2.45) is 5.92 Å². The molecule has 0 radical (unpaired) electrons. The van der Waals surface area contributed by atoms with E-state index in [0.717, 1.165) is 0 Å². The summed E-state index contributed by atoms with van der Waals surface area (Å²) in [5.41, 5.74) is -0.600. The van der Waals surface area contributed by atoms with Crippen LogP contribution in [0.2, 0.25) is 0 Å². The Morgan fingerprint density at radius 1 is 1.31 bits per heavy atom. The van der Waals surface area contributed by atoms with Crippen molar-refractivity contribution in [2.75, 3.05) is 7.11 Å². The molecular weight excluding hydrogens is 208 g/mol. The summed E-state index contributed by atoms with van der Waals surface area (Å²) < 4.78 is 9.72. The number of allylic oxidation sites excluding steroid dienone is 1. The molecule has 0 aromatic heterocycles. The Balaban J connectivity index is 4.56. The Morgan fingerprint density at radius 2 is 1.88 bits per heavy atom. The molecule has 16 heavy (non-hydrogen) atoms. The lowest BCUT2D eigenvalue weighted by atomic mass is 10.0. The van der Waals surface area contributed by atoms with Crippen molar-refractivity contribution in [3.05, 3.63) is 12.7 Å². The topological polar surface area (TPSA) is 52.6 Å². The van der Waals surface area contributed by atoms with Crippen molar-refractivity contribution in [2.45, 2.75) is 39.2 Å². The number of carbonyl (C=O) groups is 2. The SMILES string of the molecule is C=CCC[C@@H](C(=O)OC)C(=O)OC(C)(C)C. The van der Waals surface area contributed by atoms with E-state index in [1.54, 1.807) is 26.8 Å². The molecule has 0 saturated heterocycles. The number of carbonyl (C=O) groups excluding carboxylic acids is 2. The van der Waals surface area contributed by atoms with Gasteiger partial charge in [0.15, 0.2) is 5.92 Å². The number of rotatable bonds is 5. The van der Waals surface area contributed by atoms with Gasteiger partial charge >= 0.3 is 11.9 Å². The van der Waals surface area contributed by atoms with Crippen LogP contribution in [0.4, 0.5) is 0 Å². The first-order chi connectivity index (χ1) is 7.31. The Labute approximate surface area is 96.6 Å². The quantitative estimate of drug-likeness (QED) is 0.410. The van der Waals surface area contributed by atoms with Crippen LogP contribution in [-0.2, 0) is 19.1 Å². The van der Waals surface area contributed by atoms with E-state index in [0.29, 0.717) is 12.8 Å². The van der Waals surface area contributed by atoms with Gasteiger partial charge in [-0.2, -0.15) is 0 Å². The highest BCUT2D eigenvalue weighted by Crippen LogP contribution is 2.16. The molecule has 0 spiro atoms. The lowest BCUT2D eigenvalue weighted by Crippen LogP contribution is -2.33. The summed E-state index contributed by atoms with van der Waals surface area (Å²) >= 11 is 0. The minimum Gasteiger partial charge on any atom is -0.468 e. The van der Waals surface area contributed by atoms with Crippen LogP contribution in [0.3, 0.4) is 0 Å². The fourth-order valence-electron chi connectivity index (χ4n) is 1.13. The number of ether oxygens (including phenoxy) is 2. The van der Waals surface area contributed by atoms with Crippen LogP contribution in [-0.4, -0.2) is 24.6 Å². The Morgan fingerprint density at radius 3 is 2.25 bits per heavy atom. The van der Waals surface area contributed by atoms with Crippen LogP contribution in [0.5, 0.6) is 0 Å². The lowest BCUT2D eigenvalue weighted by Gasteiger charge is -2.22. The molecule has 0 aromatic carbocycles. The summed E-state index contributed by atoms with van der Waals surface area (Å²) in [6, 6.07) is 0. The van der Waals surface area contributed by atoms with Gasteiger partial charge in [0, 0.05) is 0 Å². The molecule has 0 fully saturated rings. The average molecular weight is 228 g/mol. The standard InChI is InChI=1S/C12H20O4/c1-6-7-8-9(10(13)15-5)11(14)16-12(2,3)4/h6,9H,1,7-8H2,2-5H3/t9-/m0/s1. The molecular formula is C12H20O4. The van der Waals surface area contributed by atoms with Crippen LogP contribution in [0.25, 0.3) is 0 Å². The van der Waals surface area contributed by atoms with E-state index in [1.807, 2.05) is 0 Å². The Hall–Kier alpha value is -1.32. The zero-order valence-electron chi connectivity index (χ0n) is 10.4. The highest BCUT2D eigenvalue weighted by Gasteiger charge is 2.31. The third-order valence-corrected chi connectivity index (χ3v) is 1.84. The molecule has 92 valence electrons. The van der Waals surface area contributed by atoms with Crippen LogP contribution in [0.1, 0.15) is 33.6 Å². The smallest absolute Gasteiger partial charge is 0.320 e. The van der Waals surface area contributed by atoms with Gasteiger partial charge in [-0.05, 0) is 33.6 Å². The van der Waals surface area contributed by atoms with Crippen LogP contribution >= 0.6 is 0 Å². The molecule has 0 aliphatic carbocycles. The van der Waals surface area contributed by atoms with E-state index < -0.39 is 23.5 Å². The predicted molar refractivity (Wildman–Crippen MR) is 60.8 cm³/mol. The van der Waals surface area contributed by atoms with Gasteiger partial charge in [0.1, 0.15) is 5.60 Å². The molecule has 4 nitrogen and oxygen atoms in total. The lowest BCUT2D eigenvalue weighted by molar-refractivity contribution is -0.168. The number of hydrogen-bond acceptors (Lipinski definition) is 4. The summed E-state index contributed by atoms with van der Waals surface area (Å²) in [7, 11) is 1.26. The molecule has 0 saturated carbocycles. The molecule has 0 aliphatic rings. The van der Waals surface area contributed by atoms with E-state index in [4.69, 9.17) is 4.74 Å². The van der Waals surface area contributed by atoms with Gasteiger partial charge in [0.25, 0.3) is 0 Å². The number of hydrogen-bond donors (Lipinski definition) is 0. The second-order valence-electron chi connectivity index (χ2n) is 4.48. The van der Waals surface area contributed by atoms with Gasteiger partial charge in [-0.1, -0.05) is 6.08 Å². The van der Waals surface area contributed by atoms with E-state index in [9.17, 15) is 9.59 Å². The third-order valence-electron chi connectivity index (χ3n) is 1.84. The third kappa shape index (κ3) is 5.53. The normalized spacial score (nSPS) is 12.8. The summed E-state index contributed by atoms with van der Waals surface area (Å²) in [5.74, 6) is -1.96. The number of esters is 2. The van der Waals surface area contributed by atoms with E-state index in [1.165, 1.54) is 7.11 Å². The van der Waals surface area contributed by atoms with Crippen molar-refractivity contribution in [1.82, 2.24) is 0 Å². The van der Waals surface area contributed by atoms with Crippen molar-refractivity contribution in [3.63, 3.8) is 0 Å². The Kier molecular flexibility index (Phi) is 5.78. The van der Waals surface area contributed by atoms with Gasteiger partial charge in [-0.3, -0.25) is 9.59 Å². The van der Waals surface area contributed by atoms with Gasteiger partial charge in [-0.25, -0.2) is 0 Å². The fraction of sp³-hybridized carbons (Fsp3) is 0.667. The summed E-state index contributed by atoms with van der Waals surface area (Å²) in [4.78, 5) is 23.1. The van der Waals surface area contributed by atoms with Crippen molar-refractivity contribution >= 4 is 11.9 Å². The monoisotopic (exact) mass is 228 g/mol. The molecule has 0 aliphatic heterocycles. The van der Waals surface area contributed by atoms with Crippen LogP contribution in [0, 0.1) is 5.92 Å². The zero-order chi connectivity index (χ0) is 12.8. The average Bonchev–Trinajstić information content (AvgIpc) is 2.15. The minimum atomic E-state index is -0.859. The van der Waals surface area contributed by atoms with Gasteiger partial charge < -0.3 is 9.47 Å². The maximum atomic E-state index is 11.7. The molecule has 0 N–H and O–H groups in total. The summed E-state index contributed by atoms with van der Waals surface area (Å²) in [6.07, 6.45) is 2.59. The molecule has 0 bridgehead atoms. The maximum Gasteiger partial charge on any atom is 0.320 e. The zero-order valence-corrected chi connectivity index (χ0v) is 10.4. The molecule has 0 unspecified atom stereocenters. The first kappa shape index (κ1) is 14.7. The largest absolute Gasteiger partial charge is 0.468 e. The summed E-state index contributed by atoms with van der Waals surface area (Å²) in [6.45, 7) is 8.82. The van der Waals surface area contributed by atoms with Crippen molar-refractivity contribution in [3.8, 4) is 0 Å². The predicted octanol–water partition coefficient (Wildman–Crippen LogP) is 2.08. The van der Waals surface area contributed by atoms with Gasteiger partial charge in [-0.15, -0.1) is 6.58 Å². The molecule has 0 rings (SSSR count). The highest BCUT2D eigenvalue weighted by atomic mass is 16.6. The molecule has 0 heterocycles. The molecule has 1 atom stereocenters. The van der Waals surface area contributed by atoms with Gasteiger partial charge in [0.2, 0.25) is 0 Å². The van der Waals surface area contributed by atoms with Crippen molar-refractivity contribution < 1.29 is 19.1 Å². The van der Waals surface area contributed by atoms with Crippen LogP contribution < -0.4 is 0 Å². The maximum absolute atomic E-state index is 11.7.